The van der Waals surface area contributed by atoms with Crippen molar-refractivity contribution in [1.29, 1.82) is 0 Å². The summed E-state index contributed by atoms with van der Waals surface area (Å²) in [6, 6.07) is 3.26. The highest BCUT2D eigenvalue weighted by molar-refractivity contribution is 7.80. The van der Waals surface area contributed by atoms with Gasteiger partial charge < -0.3 is 0 Å². The van der Waals surface area contributed by atoms with Gasteiger partial charge in [-0.25, -0.2) is 0 Å². The van der Waals surface area contributed by atoms with E-state index in [-0.39, 0.29) is 0 Å². The first-order valence-corrected chi connectivity index (χ1v) is 5.66. The maximum Gasteiger partial charge on any atom is 0.0608 e. The molecule has 1 aromatic carbocycles. The summed E-state index contributed by atoms with van der Waals surface area (Å²) in [6.45, 7) is 0. The van der Waals surface area contributed by atoms with E-state index >= 15 is 0 Å². The second-order valence-electron chi connectivity index (χ2n) is 2.52. The molecule has 14 heavy (non-hydrogen) atoms. The SMILES string of the molecule is SCCC#Cc1cc(Cl)c(Cl)cc1Cl. The zero-order valence-corrected chi connectivity index (χ0v) is 10.3. The molecular weight excluding hydrogens is 259 g/mol. The van der Waals surface area contributed by atoms with Gasteiger partial charge in [-0.2, -0.15) is 12.6 Å². The average Bonchev–Trinajstić information content (AvgIpc) is 2.14. The number of hydrogen-bond donors (Lipinski definition) is 1. The molecule has 74 valence electrons. The lowest BCUT2D eigenvalue weighted by atomic mass is 10.2. The number of hydrogen-bond acceptors (Lipinski definition) is 1. The molecule has 0 unspecified atom stereocenters. The zero-order valence-electron chi connectivity index (χ0n) is 7.15. The third-order valence-electron chi connectivity index (χ3n) is 1.47. The van der Waals surface area contributed by atoms with Crippen molar-refractivity contribution in [3.63, 3.8) is 0 Å². The van der Waals surface area contributed by atoms with E-state index in [9.17, 15) is 0 Å². The van der Waals surface area contributed by atoms with Crippen LogP contribution in [0.4, 0.5) is 0 Å². The van der Waals surface area contributed by atoms with Gasteiger partial charge in [-0.3, -0.25) is 0 Å². The van der Waals surface area contributed by atoms with E-state index in [0.717, 1.165) is 12.2 Å². The lowest BCUT2D eigenvalue weighted by Crippen LogP contribution is -1.79. The highest BCUT2D eigenvalue weighted by atomic mass is 35.5. The molecule has 4 heteroatoms. The highest BCUT2D eigenvalue weighted by Gasteiger charge is 2.03. The van der Waals surface area contributed by atoms with E-state index in [2.05, 4.69) is 24.5 Å². The topological polar surface area (TPSA) is 0 Å². The summed E-state index contributed by atoms with van der Waals surface area (Å²) in [5, 5.41) is 1.42. The van der Waals surface area contributed by atoms with Crippen LogP contribution in [0.1, 0.15) is 12.0 Å². The van der Waals surface area contributed by atoms with E-state index in [0.29, 0.717) is 20.6 Å². The Bertz CT molecular complexity index is 390. The maximum atomic E-state index is 5.92. The molecule has 0 radical (unpaired) electrons. The summed E-state index contributed by atoms with van der Waals surface area (Å²) in [4.78, 5) is 0. The maximum absolute atomic E-state index is 5.92. The molecule has 0 N–H and O–H groups in total. The fraction of sp³-hybridized carbons (Fsp3) is 0.200. The molecule has 0 fully saturated rings. The van der Waals surface area contributed by atoms with Crippen LogP contribution in [0.25, 0.3) is 0 Å². The molecule has 0 amide bonds. The second kappa shape index (κ2) is 5.78. The van der Waals surface area contributed by atoms with Crippen LogP contribution < -0.4 is 0 Å². The molecule has 1 aromatic rings. The van der Waals surface area contributed by atoms with Crippen LogP contribution >= 0.6 is 47.4 Å². The normalized spacial score (nSPS) is 9.43. The summed E-state index contributed by atoms with van der Waals surface area (Å²) < 4.78 is 0. The predicted molar refractivity (Wildman–Crippen MR) is 66.8 cm³/mol. The molecule has 0 heterocycles. The van der Waals surface area contributed by atoms with Gasteiger partial charge in [0.05, 0.1) is 15.1 Å². The van der Waals surface area contributed by atoms with Crippen LogP contribution in [-0.2, 0) is 0 Å². The summed E-state index contributed by atoms with van der Waals surface area (Å²) in [7, 11) is 0. The molecular formula is C10H7Cl3S. The number of halogens is 3. The molecule has 0 aliphatic rings. The van der Waals surface area contributed by atoms with E-state index in [1.54, 1.807) is 12.1 Å². The van der Waals surface area contributed by atoms with E-state index in [1.165, 1.54) is 0 Å². The van der Waals surface area contributed by atoms with Crippen LogP contribution in [0, 0.1) is 11.8 Å². The minimum absolute atomic E-state index is 0.441. The van der Waals surface area contributed by atoms with Gasteiger partial charge in [0, 0.05) is 17.7 Å². The molecule has 0 spiro atoms. The molecule has 1 rings (SSSR count). The van der Waals surface area contributed by atoms with Gasteiger partial charge in [-0.15, -0.1) is 0 Å². The van der Waals surface area contributed by atoms with E-state index < -0.39 is 0 Å². The van der Waals surface area contributed by atoms with Crippen molar-refractivity contribution in [2.45, 2.75) is 6.42 Å². The fourth-order valence-corrected chi connectivity index (χ4v) is 1.54. The van der Waals surface area contributed by atoms with Crippen molar-refractivity contribution in [2.75, 3.05) is 5.75 Å². The van der Waals surface area contributed by atoms with Crippen molar-refractivity contribution in [2.24, 2.45) is 0 Å². The summed E-state index contributed by atoms with van der Waals surface area (Å²) in [5.41, 5.74) is 0.697. The van der Waals surface area contributed by atoms with Gasteiger partial charge >= 0.3 is 0 Å². The van der Waals surface area contributed by atoms with Gasteiger partial charge in [-0.05, 0) is 12.1 Å². The summed E-state index contributed by atoms with van der Waals surface area (Å²) in [5.74, 6) is 6.56. The Balaban J connectivity index is 3.00. The highest BCUT2D eigenvalue weighted by Crippen LogP contribution is 2.28. The molecule has 0 atom stereocenters. The standard InChI is InChI=1S/C10H7Cl3S/c11-8-6-10(13)9(12)5-7(8)3-1-2-4-14/h5-6,14H,2,4H2. The van der Waals surface area contributed by atoms with Crippen molar-refractivity contribution < 1.29 is 0 Å². The van der Waals surface area contributed by atoms with Gasteiger partial charge in [0.15, 0.2) is 0 Å². The quantitative estimate of drug-likeness (QED) is 0.436. The van der Waals surface area contributed by atoms with Crippen molar-refractivity contribution >= 4 is 47.4 Å². The largest absolute Gasteiger partial charge is 0.178 e. The van der Waals surface area contributed by atoms with Crippen LogP contribution in [0.3, 0.4) is 0 Å². The Morgan fingerprint density at radius 3 is 2.36 bits per heavy atom. The third kappa shape index (κ3) is 3.29. The second-order valence-corrected chi connectivity index (χ2v) is 4.19. The van der Waals surface area contributed by atoms with Crippen LogP contribution in [0.5, 0.6) is 0 Å². The van der Waals surface area contributed by atoms with Crippen molar-refractivity contribution in [3.8, 4) is 11.8 Å². The van der Waals surface area contributed by atoms with E-state index in [4.69, 9.17) is 34.8 Å². The zero-order chi connectivity index (χ0) is 10.6. The van der Waals surface area contributed by atoms with Crippen molar-refractivity contribution in [3.05, 3.63) is 32.8 Å². The lowest BCUT2D eigenvalue weighted by Gasteiger charge is -1.99. The number of thiol groups is 1. The molecule has 0 saturated heterocycles. The predicted octanol–water partition coefficient (Wildman–Crippen LogP) is 4.32. The molecule has 0 aliphatic heterocycles. The Labute approximate surface area is 104 Å². The third-order valence-corrected chi connectivity index (χ3v) is 2.73. The minimum Gasteiger partial charge on any atom is -0.178 e. The monoisotopic (exact) mass is 264 g/mol. The Hall–Kier alpha value is -0.000000000000000111. The van der Waals surface area contributed by atoms with Crippen LogP contribution in [0.2, 0.25) is 15.1 Å². The first kappa shape index (κ1) is 12.1. The minimum atomic E-state index is 0.441. The van der Waals surface area contributed by atoms with Gasteiger partial charge in [0.25, 0.3) is 0 Å². The van der Waals surface area contributed by atoms with Crippen molar-refractivity contribution in [1.82, 2.24) is 0 Å². The molecule has 0 aromatic heterocycles. The Morgan fingerprint density at radius 1 is 1.07 bits per heavy atom. The molecule has 0 nitrogen and oxygen atoms in total. The number of benzene rings is 1. The van der Waals surface area contributed by atoms with Crippen LogP contribution in [0.15, 0.2) is 12.1 Å². The average molecular weight is 266 g/mol. The van der Waals surface area contributed by atoms with Gasteiger partial charge in [-0.1, -0.05) is 46.6 Å². The first-order chi connectivity index (χ1) is 6.65. The molecule has 0 saturated carbocycles. The summed E-state index contributed by atoms with van der Waals surface area (Å²) in [6.07, 6.45) is 0.722. The first-order valence-electron chi connectivity index (χ1n) is 3.89. The van der Waals surface area contributed by atoms with Crippen LogP contribution in [-0.4, -0.2) is 5.75 Å². The Morgan fingerprint density at radius 2 is 1.71 bits per heavy atom. The van der Waals surface area contributed by atoms with E-state index in [1.807, 2.05) is 0 Å². The molecule has 0 aliphatic carbocycles. The Kier molecular flexibility index (Phi) is 4.98. The smallest absolute Gasteiger partial charge is 0.0608 e. The molecule has 0 bridgehead atoms. The fourth-order valence-electron chi connectivity index (χ4n) is 0.832. The van der Waals surface area contributed by atoms with Gasteiger partial charge in [0.1, 0.15) is 0 Å². The lowest BCUT2D eigenvalue weighted by molar-refractivity contribution is 1.31. The number of rotatable bonds is 1. The summed E-state index contributed by atoms with van der Waals surface area (Å²) >= 11 is 21.6. The van der Waals surface area contributed by atoms with Gasteiger partial charge in [0.2, 0.25) is 0 Å².